The van der Waals surface area contributed by atoms with Crippen LogP contribution in [0.25, 0.3) is 0 Å². The molecule has 0 spiro atoms. The van der Waals surface area contributed by atoms with Crippen molar-refractivity contribution >= 4 is 11.6 Å². The number of carbonyl (C=O) groups is 1. The van der Waals surface area contributed by atoms with E-state index in [0.29, 0.717) is 18.7 Å². The van der Waals surface area contributed by atoms with Crippen molar-refractivity contribution in [2.75, 3.05) is 32.1 Å². The van der Waals surface area contributed by atoms with Gasteiger partial charge in [0.1, 0.15) is 0 Å². The zero-order valence-corrected chi connectivity index (χ0v) is 13.7. The van der Waals surface area contributed by atoms with Gasteiger partial charge in [0, 0.05) is 38.7 Å². The quantitative estimate of drug-likeness (QED) is 0.773. The number of pyridine rings is 1. The van der Waals surface area contributed by atoms with E-state index in [0.717, 1.165) is 24.3 Å². The standard InChI is InChI=1S/C16H27N3O2/c1-6-17-14-9-12(2)18-10-13(14)15(20)19-11-16(3,4)7-8-21-5/h9-10H,6-8,11H2,1-5H3,(H,17,18)(H,19,20). The van der Waals surface area contributed by atoms with Gasteiger partial charge in [-0.2, -0.15) is 0 Å². The molecule has 2 N–H and O–H groups in total. The first kappa shape index (κ1) is 17.4. The van der Waals surface area contributed by atoms with E-state index in [1.54, 1.807) is 13.3 Å². The molecular weight excluding hydrogens is 266 g/mol. The molecule has 0 unspecified atom stereocenters. The van der Waals surface area contributed by atoms with Crippen LogP contribution >= 0.6 is 0 Å². The number of hydrogen-bond acceptors (Lipinski definition) is 4. The molecule has 21 heavy (non-hydrogen) atoms. The van der Waals surface area contributed by atoms with Gasteiger partial charge in [-0.05, 0) is 31.7 Å². The van der Waals surface area contributed by atoms with Crippen LogP contribution in [-0.2, 0) is 4.74 Å². The van der Waals surface area contributed by atoms with E-state index in [-0.39, 0.29) is 11.3 Å². The van der Waals surface area contributed by atoms with Crippen LogP contribution in [0.4, 0.5) is 5.69 Å². The Bertz CT molecular complexity index is 473. The lowest BCUT2D eigenvalue weighted by atomic mass is 9.89. The van der Waals surface area contributed by atoms with E-state index in [1.165, 1.54) is 0 Å². The number of ether oxygens (including phenoxy) is 1. The van der Waals surface area contributed by atoms with Gasteiger partial charge in [0.15, 0.2) is 0 Å². The topological polar surface area (TPSA) is 63.2 Å². The number of hydrogen-bond donors (Lipinski definition) is 2. The number of carbonyl (C=O) groups excluding carboxylic acids is 1. The zero-order valence-electron chi connectivity index (χ0n) is 13.7. The van der Waals surface area contributed by atoms with Gasteiger partial charge in [0.05, 0.1) is 11.3 Å². The van der Waals surface area contributed by atoms with Gasteiger partial charge in [0.2, 0.25) is 0 Å². The first-order valence-corrected chi connectivity index (χ1v) is 7.37. The van der Waals surface area contributed by atoms with E-state index >= 15 is 0 Å². The monoisotopic (exact) mass is 293 g/mol. The van der Waals surface area contributed by atoms with Crippen molar-refractivity contribution in [3.05, 3.63) is 23.5 Å². The molecule has 0 saturated heterocycles. The molecular formula is C16H27N3O2. The minimum absolute atomic E-state index is 0.00213. The van der Waals surface area contributed by atoms with Crippen molar-refractivity contribution in [3.8, 4) is 0 Å². The van der Waals surface area contributed by atoms with Gasteiger partial charge in [-0.3, -0.25) is 9.78 Å². The highest BCUT2D eigenvalue weighted by atomic mass is 16.5. The molecule has 0 aliphatic rings. The zero-order chi connectivity index (χ0) is 15.9. The lowest BCUT2D eigenvalue weighted by molar-refractivity contribution is 0.0921. The molecule has 5 nitrogen and oxygen atoms in total. The fraction of sp³-hybridized carbons (Fsp3) is 0.625. The summed E-state index contributed by atoms with van der Waals surface area (Å²) in [6, 6.07) is 1.90. The van der Waals surface area contributed by atoms with E-state index in [4.69, 9.17) is 4.74 Å². The normalized spacial score (nSPS) is 11.3. The SMILES string of the molecule is CCNc1cc(C)ncc1C(=O)NCC(C)(C)CCOC. The molecule has 0 aliphatic heterocycles. The van der Waals surface area contributed by atoms with E-state index in [9.17, 15) is 4.79 Å². The second-order valence-corrected chi connectivity index (χ2v) is 5.99. The van der Waals surface area contributed by atoms with Crippen molar-refractivity contribution in [3.63, 3.8) is 0 Å². The molecule has 0 fully saturated rings. The summed E-state index contributed by atoms with van der Waals surface area (Å²) >= 11 is 0. The maximum absolute atomic E-state index is 12.3. The van der Waals surface area contributed by atoms with Gasteiger partial charge < -0.3 is 15.4 Å². The third-order valence-corrected chi connectivity index (χ3v) is 3.36. The number of amides is 1. The molecule has 1 rings (SSSR count). The molecule has 118 valence electrons. The molecule has 1 heterocycles. The minimum atomic E-state index is -0.0936. The van der Waals surface area contributed by atoms with Crippen LogP contribution in [0.1, 0.15) is 43.2 Å². The van der Waals surface area contributed by atoms with Crippen molar-refractivity contribution in [1.82, 2.24) is 10.3 Å². The highest BCUT2D eigenvalue weighted by molar-refractivity contribution is 5.99. The summed E-state index contributed by atoms with van der Waals surface area (Å²) in [5, 5.41) is 6.20. The average Bonchev–Trinajstić information content (AvgIpc) is 2.43. The molecule has 1 aromatic heterocycles. The smallest absolute Gasteiger partial charge is 0.254 e. The van der Waals surface area contributed by atoms with E-state index in [1.807, 2.05) is 19.9 Å². The number of anilines is 1. The molecule has 5 heteroatoms. The molecule has 0 bridgehead atoms. The van der Waals surface area contributed by atoms with Crippen LogP contribution < -0.4 is 10.6 Å². The van der Waals surface area contributed by atoms with Crippen LogP contribution in [0, 0.1) is 12.3 Å². The molecule has 0 atom stereocenters. The van der Waals surface area contributed by atoms with E-state index < -0.39 is 0 Å². The Balaban J connectivity index is 2.71. The molecule has 0 saturated carbocycles. The van der Waals surface area contributed by atoms with Crippen LogP contribution in [0.2, 0.25) is 0 Å². The predicted molar refractivity (Wildman–Crippen MR) is 85.7 cm³/mol. The molecule has 0 radical (unpaired) electrons. The maximum atomic E-state index is 12.3. The van der Waals surface area contributed by atoms with Crippen LogP contribution in [-0.4, -0.2) is 37.7 Å². The number of nitrogens with one attached hydrogen (secondary N) is 2. The molecule has 1 aromatic rings. The lowest BCUT2D eigenvalue weighted by Gasteiger charge is -2.24. The van der Waals surface area contributed by atoms with Crippen LogP contribution in [0.15, 0.2) is 12.3 Å². The van der Waals surface area contributed by atoms with Crippen molar-refractivity contribution in [2.45, 2.75) is 34.1 Å². The summed E-state index contributed by atoms with van der Waals surface area (Å²) in [6.45, 7) is 10.2. The van der Waals surface area contributed by atoms with Crippen molar-refractivity contribution in [2.24, 2.45) is 5.41 Å². The lowest BCUT2D eigenvalue weighted by Crippen LogP contribution is -2.35. The Morgan fingerprint density at radius 2 is 2.14 bits per heavy atom. The van der Waals surface area contributed by atoms with Crippen LogP contribution in [0.5, 0.6) is 0 Å². The maximum Gasteiger partial charge on any atom is 0.254 e. The second kappa shape index (κ2) is 7.98. The third-order valence-electron chi connectivity index (χ3n) is 3.36. The number of aromatic nitrogens is 1. The van der Waals surface area contributed by atoms with Crippen molar-refractivity contribution < 1.29 is 9.53 Å². The second-order valence-electron chi connectivity index (χ2n) is 5.99. The molecule has 0 aromatic carbocycles. The Morgan fingerprint density at radius 3 is 2.76 bits per heavy atom. The summed E-state index contributed by atoms with van der Waals surface area (Å²) in [4.78, 5) is 16.6. The number of nitrogens with zero attached hydrogens (tertiary/aromatic N) is 1. The first-order chi connectivity index (χ1) is 9.89. The highest BCUT2D eigenvalue weighted by Gasteiger charge is 2.20. The van der Waals surface area contributed by atoms with Crippen LogP contribution in [0.3, 0.4) is 0 Å². The van der Waals surface area contributed by atoms with Gasteiger partial charge in [-0.1, -0.05) is 13.8 Å². The summed E-state index contributed by atoms with van der Waals surface area (Å²) in [5.41, 5.74) is 2.31. The largest absolute Gasteiger partial charge is 0.385 e. The van der Waals surface area contributed by atoms with Gasteiger partial charge >= 0.3 is 0 Å². The fourth-order valence-corrected chi connectivity index (χ4v) is 1.96. The van der Waals surface area contributed by atoms with Gasteiger partial charge in [0.25, 0.3) is 5.91 Å². The summed E-state index contributed by atoms with van der Waals surface area (Å²) in [7, 11) is 1.69. The Labute approximate surface area is 127 Å². The Hall–Kier alpha value is -1.62. The summed E-state index contributed by atoms with van der Waals surface area (Å²) in [5.74, 6) is -0.0936. The summed E-state index contributed by atoms with van der Waals surface area (Å²) < 4.78 is 5.10. The van der Waals surface area contributed by atoms with Crippen molar-refractivity contribution in [1.29, 1.82) is 0 Å². The number of aryl methyl sites for hydroxylation is 1. The highest BCUT2D eigenvalue weighted by Crippen LogP contribution is 2.20. The molecule has 0 aliphatic carbocycles. The third kappa shape index (κ3) is 5.71. The fourth-order valence-electron chi connectivity index (χ4n) is 1.96. The minimum Gasteiger partial charge on any atom is -0.385 e. The number of methoxy groups -OCH3 is 1. The van der Waals surface area contributed by atoms with Gasteiger partial charge in [-0.15, -0.1) is 0 Å². The van der Waals surface area contributed by atoms with E-state index in [2.05, 4.69) is 29.5 Å². The Morgan fingerprint density at radius 1 is 1.43 bits per heavy atom. The predicted octanol–water partition coefficient (Wildman–Crippen LogP) is 2.61. The van der Waals surface area contributed by atoms with Gasteiger partial charge in [-0.25, -0.2) is 0 Å². The molecule has 1 amide bonds. The average molecular weight is 293 g/mol. The Kier molecular flexibility index (Phi) is 6.62. The first-order valence-electron chi connectivity index (χ1n) is 7.37. The summed E-state index contributed by atoms with van der Waals surface area (Å²) in [6.07, 6.45) is 2.53. The number of rotatable bonds is 8.